The molecule has 0 aliphatic heterocycles. The molecule has 2 rings (SSSR count). The van der Waals surface area contributed by atoms with E-state index in [9.17, 15) is 14.9 Å². The zero-order valence-corrected chi connectivity index (χ0v) is 12.4. The summed E-state index contributed by atoms with van der Waals surface area (Å²) in [5, 5.41) is 11.3. The number of hydrogen-bond acceptors (Lipinski definition) is 5. The van der Waals surface area contributed by atoms with Crippen molar-refractivity contribution in [3.8, 4) is 0 Å². The van der Waals surface area contributed by atoms with Crippen LogP contribution >= 0.6 is 0 Å². The molecule has 0 radical (unpaired) electrons. The molecule has 0 unspecified atom stereocenters. The smallest absolute Gasteiger partial charge is 0.338 e. The van der Waals surface area contributed by atoms with Crippen molar-refractivity contribution in [2.24, 2.45) is 0 Å². The molecule has 114 valence electrons. The van der Waals surface area contributed by atoms with Gasteiger partial charge in [0.05, 0.1) is 17.6 Å². The minimum absolute atomic E-state index is 0.0500. The third-order valence-corrected chi connectivity index (χ3v) is 4.10. The molecule has 1 aromatic rings. The summed E-state index contributed by atoms with van der Waals surface area (Å²) in [6, 6.07) is 4.83. The molecule has 0 aromatic heterocycles. The van der Waals surface area contributed by atoms with Crippen LogP contribution in [-0.2, 0) is 4.74 Å². The van der Waals surface area contributed by atoms with Gasteiger partial charge in [0.15, 0.2) is 0 Å². The lowest BCUT2D eigenvalue weighted by molar-refractivity contribution is -0.384. The van der Waals surface area contributed by atoms with Crippen molar-refractivity contribution in [1.82, 2.24) is 0 Å². The van der Waals surface area contributed by atoms with Gasteiger partial charge in [-0.05, 0) is 25.0 Å². The number of nitro benzene ring substituents is 1. The second kappa shape index (κ2) is 6.56. The molecule has 1 saturated carbocycles. The molecule has 21 heavy (non-hydrogen) atoms. The van der Waals surface area contributed by atoms with Gasteiger partial charge in [0.2, 0.25) is 0 Å². The van der Waals surface area contributed by atoms with E-state index in [0.29, 0.717) is 11.7 Å². The highest BCUT2D eigenvalue weighted by Gasteiger charge is 2.25. The number of ether oxygens (including phenoxy) is 1. The van der Waals surface area contributed by atoms with E-state index >= 15 is 0 Å². The van der Waals surface area contributed by atoms with Crippen LogP contribution in [0.5, 0.6) is 0 Å². The Hall–Kier alpha value is -2.11. The largest absolute Gasteiger partial charge is 0.465 e. The Morgan fingerprint density at radius 3 is 2.57 bits per heavy atom. The Kier molecular flexibility index (Phi) is 4.77. The van der Waals surface area contributed by atoms with E-state index in [1.807, 2.05) is 11.9 Å². The van der Waals surface area contributed by atoms with Gasteiger partial charge in [-0.1, -0.05) is 19.3 Å². The molecule has 0 atom stereocenters. The lowest BCUT2D eigenvalue weighted by Gasteiger charge is -2.32. The summed E-state index contributed by atoms with van der Waals surface area (Å²) < 4.78 is 4.61. The molecule has 1 aromatic carbocycles. The first kappa shape index (κ1) is 15.3. The van der Waals surface area contributed by atoms with Crippen molar-refractivity contribution in [3.05, 3.63) is 33.9 Å². The van der Waals surface area contributed by atoms with Gasteiger partial charge in [0.1, 0.15) is 5.69 Å². The first-order chi connectivity index (χ1) is 10.0. The predicted octanol–water partition coefficient (Wildman–Crippen LogP) is 3.15. The van der Waals surface area contributed by atoms with Gasteiger partial charge in [-0.2, -0.15) is 0 Å². The Bertz CT molecular complexity index is 538. The number of hydrogen-bond donors (Lipinski definition) is 0. The zero-order chi connectivity index (χ0) is 15.4. The Labute approximate surface area is 123 Å². The minimum atomic E-state index is -0.565. The van der Waals surface area contributed by atoms with Gasteiger partial charge in [-0.25, -0.2) is 4.79 Å². The van der Waals surface area contributed by atoms with Crippen LogP contribution < -0.4 is 4.90 Å². The maximum absolute atomic E-state index is 11.5. The maximum atomic E-state index is 11.5. The van der Waals surface area contributed by atoms with E-state index in [2.05, 4.69) is 4.74 Å². The van der Waals surface area contributed by atoms with Crippen molar-refractivity contribution in [2.75, 3.05) is 19.1 Å². The third-order valence-electron chi connectivity index (χ3n) is 4.10. The van der Waals surface area contributed by atoms with Gasteiger partial charge in [-0.15, -0.1) is 0 Å². The lowest BCUT2D eigenvalue weighted by atomic mass is 9.94. The molecule has 0 amide bonds. The van der Waals surface area contributed by atoms with Gasteiger partial charge in [0.25, 0.3) is 5.69 Å². The molecule has 0 N–H and O–H groups in total. The second-order valence-electron chi connectivity index (χ2n) is 5.35. The molecular weight excluding hydrogens is 272 g/mol. The van der Waals surface area contributed by atoms with Crippen LogP contribution in [0.15, 0.2) is 18.2 Å². The Balaban J connectivity index is 2.33. The molecule has 0 heterocycles. The molecule has 0 spiro atoms. The molecule has 6 heteroatoms. The number of methoxy groups -OCH3 is 1. The predicted molar refractivity (Wildman–Crippen MR) is 79.7 cm³/mol. The molecule has 6 nitrogen and oxygen atoms in total. The van der Waals surface area contributed by atoms with Gasteiger partial charge in [-0.3, -0.25) is 10.1 Å². The summed E-state index contributed by atoms with van der Waals surface area (Å²) in [4.78, 5) is 24.3. The van der Waals surface area contributed by atoms with E-state index in [0.717, 1.165) is 25.7 Å². The number of carbonyl (C=O) groups excluding carboxylic acids is 1. The highest BCUT2D eigenvalue weighted by atomic mass is 16.6. The first-order valence-corrected chi connectivity index (χ1v) is 7.14. The molecule has 1 aliphatic carbocycles. The topological polar surface area (TPSA) is 72.7 Å². The van der Waals surface area contributed by atoms with E-state index in [-0.39, 0.29) is 11.3 Å². The van der Waals surface area contributed by atoms with Crippen LogP contribution in [0.2, 0.25) is 0 Å². The number of esters is 1. The minimum Gasteiger partial charge on any atom is -0.465 e. The summed E-state index contributed by atoms with van der Waals surface area (Å²) in [7, 11) is 3.15. The van der Waals surface area contributed by atoms with Crippen molar-refractivity contribution in [2.45, 2.75) is 38.1 Å². The molecule has 0 bridgehead atoms. The van der Waals surface area contributed by atoms with E-state index < -0.39 is 10.9 Å². The van der Waals surface area contributed by atoms with Gasteiger partial charge >= 0.3 is 5.97 Å². The number of nitro groups is 1. The summed E-state index contributed by atoms with van der Waals surface area (Å²) in [6.45, 7) is 0. The first-order valence-electron chi connectivity index (χ1n) is 7.14. The van der Waals surface area contributed by atoms with Crippen molar-refractivity contribution in [1.29, 1.82) is 0 Å². The van der Waals surface area contributed by atoms with Crippen LogP contribution in [0, 0.1) is 10.1 Å². The number of rotatable bonds is 4. The van der Waals surface area contributed by atoms with Crippen LogP contribution in [0.25, 0.3) is 0 Å². The van der Waals surface area contributed by atoms with Crippen LogP contribution in [0.1, 0.15) is 42.5 Å². The third kappa shape index (κ3) is 3.32. The lowest BCUT2D eigenvalue weighted by Crippen LogP contribution is -2.33. The quantitative estimate of drug-likeness (QED) is 0.484. The summed E-state index contributed by atoms with van der Waals surface area (Å²) >= 11 is 0. The summed E-state index contributed by atoms with van der Waals surface area (Å²) in [6.07, 6.45) is 5.64. The average Bonchev–Trinajstić information content (AvgIpc) is 2.53. The molecule has 1 fully saturated rings. The van der Waals surface area contributed by atoms with Gasteiger partial charge < -0.3 is 9.64 Å². The Morgan fingerprint density at radius 1 is 1.33 bits per heavy atom. The molecule has 0 saturated heterocycles. The highest BCUT2D eigenvalue weighted by Crippen LogP contribution is 2.33. The second-order valence-corrected chi connectivity index (χ2v) is 5.35. The highest BCUT2D eigenvalue weighted by molar-refractivity contribution is 5.91. The summed E-state index contributed by atoms with van der Waals surface area (Å²) in [5.41, 5.74) is 0.704. The standard InChI is InChI=1S/C15H20N2O4/c1-16(12-6-4-3-5-7-12)13-9-8-11(15(18)21-2)10-14(13)17(19)20/h8-10,12H,3-7H2,1-2H3. The zero-order valence-electron chi connectivity index (χ0n) is 12.4. The van der Waals surface area contributed by atoms with Crippen molar-refractivity contribution < 1.29 is 14.5 Å². The molecule has 1 aliphatic rings. The summed E-state index contributed by atoms with van der Waals surface area (Å²) in [5.74, 6) is -0.565. The fourth-order valence-corrected chi connectivity index (χ4v) is 2.88. The van der Waals surface area contributed by atoms with E-state index in [4.69, 9.17) is 0 Å². The fraction of sp³-hybridized carbons (Fsp3) is 0.533. The van der Waals surface area contributed by atoms with Gasteiger partial charge in [0, 0.05) is 19.2 Å². The van der Waals surface area contributed by atoms with Crippen LogP contribution in [0.4, 0.5) is 11.4 Å². The Morgan fingerprint density at radius 2 is 2.00 bits per heavy atom. The normalized spacial score (nSPS) is 15.5. The monoisotopic (exact) mass is 292 g/mol. The number of nitrogens with zero attached hydrogens (tertiary/aromatic N) is 2. The van der Waals surface area contributed by atoms with Crippen molar-refractivity contribution in [3.63, 3.8) is 0 Å². The van der Waals surface area contributed by atoms with Crippen LogP contribution in [0.3, 0.4) is 0 Å². The molecular formula is C15H20N2O4. The van der Waals surface area contributed by atoms with E-state index in [1.165, 1.54) is 19.6 Å². The average molecular weight is 292 g/mol. The SMILES string of the molecule is COC(=O)c1ccc(N(C)C2CCCCC2)c([N+](=O)[O-])c1. The van der Waals surface area contributed by atoms with E-state index in [1.54, 1.807) is 12.1 Å². The number of carbonyl (C=O) groups is 1. The number of benzene rings is 1. The fourth-order valence-electron chi connectivity index (χ4n) is 2.88. The van der Waals surface area contributed by atoms with Crippen LogP contribution in [-0.4, -0.2) is 31.1 Å². The maximum Gasteiger partial charge on any atom is 0.338 e. The van der Waals surface area contributed by atoms with Crippen molar-refractivity contribution >= 4 is 17.3 Å². The number of anilines is 1.